The molecule has 8 heteroatoms. The fourth-order valence-electron chi connectivity index (χ4n) is 3.63. The zero-order valence-electron chi connectivity index (χ0n) is 16.1. The van der Waals surface area contributed by atoms with Crippen molar-refractivity contribution in [1.29, 1.82) is 0 Å². The number of halogens is 3. The van der Waals surface area contributed by atoms with Gasteiger partial charge in [0.05, 0.1) is 26.5 Å². The van der Waals surface area contributed by atoms with Crippen molar-refractivity contribution in [2.45, 2.75) is 12.3 Å². The van der Waals surface area contributed by atoms with Crippen molar-refractivity contribution in [1.82, 2.24) is 9.88 Å². The molecule has 2 aromatic carbocycles. The fourth-order valence-corrected chi connectivity index (χ4v) is 3.63. The molecule has 5 nitrogen and oxygen atoms in total. The lowest BCUT2D eigenvalue weighted by molar-refractivity contribution is -0.233. The minimum atomic E-state index is -4.50. The molecule has 0 N–H and O–H groups in total. The van der Waals surface area contributed by atoms with Crippen molar-refractivity contribution in [3.63, 3.8) is 0 Å². The summed E-state index contributed by atoms with van der Waals surface area (Å²) in [7, 11) is 1.57. The summed E-state index contributed by atoms with van der Waals surface area (Å²) in [5.41, 5.74) is 2.11. The number of hydrogen-bond donors (Lipinski definition) is 0. The highest BCUT2D eigenvalue weighted by atomic mass is 19.4. The average Bonchev–Trinajstić information content (AvgIpc) is 2.77. The maximum absolute atomic E-state index is 13.0. The molecule has 1 amide bonds. The first kappa shape index (κ1) is 20.2. The van der Waals surface area contributed by atoms with Gasteiger partial charge in [-0.3, -0.25) is 9.78 Å². The number of ether oxygens (including phenoxy) is 2. The minimum absolute atomic E-state index is 0.123. The maximum atomic E-state index is 13.0. The van der Waals surface area contributed by atoms with E-state index in [0.717, 1.165) is 21.9 Å². The number of aromatic nitrogens is 1. The number of methoxy groups -OCH3 is 1. The molecule has 0 aliphatic carbocycles. The Hall–Kier alpha value is -3.13. The van der Waals surface area contributed by atoms with Gasteiger partial charge in [0.25, 0.3) is 5.91 Å². The van der Waals surface area contributed by atoms with Crippen LogP contribution in [0.1, 0.15) is 10.4 Å². The minimum Gasteiger partial charge on any atom is -0.494 e. The standard InChI is InChI=1S/C22H19F3N2O3/c1-29-19-12-26-8-7-18(19)17-4-2-3-14-11-15(5-6-16(14)17)21(28)27-9-10-30-20(13-27)22(23,24)25/h2-8,11-12,20H,9-10,13H2,1H3. The van der Waals surface area contributed by atoms with Gasteiger partial charge < -0.3 is 14.4 Å². The third-order valence-corrected chi connectivity index (χ3v) is 5.14. The number of rotatable bonds is 3. The predicted octanol–water partition coefficient (Wildman–Crippen LogP) is 4.31. The van der Waals surface area contributed by atoms with Gasteiger partial charge >= 0.3 is 6.18 Å². The number of benzene rings is 2. The summed E-state index contributed by atoms with van der Waals surface area (Å²) < 4.78 is 49.1. The van der Waals surface area contributed by atoms with Crippen LogP contribution in [0.15, 0.2) is 54.9 Å². The summed E-state index contributed by atoms with van der Waals surface area (Å²) in [6.07, 6.45) is -3.16. The van der Waals surface area contributed by atoms with Crippen LogP contribution in [0, 0.1) is 0 Å². The predicted molar refractivity (Wildman–Crippen MR) is 105 cm³/mol. The third kappa shape index (κ3) is 3.82. The number of hydrogen-bond acceptors (Lipinski definition) is 4. The summed E-state index contributed by atoms with van der Waals surface area (Å²) in [5.74, 6) is 0.179. The van der Waals surface area contributed by atoms with E-state index in [0.29, 0.717) is 11.3 Å². The van der Waals surface area contributed by atoms with Crippen LogP contribution in [-0.4, -0.2) is 54.9 Å². The lowest BCUT2D eigenvalue weighted by Crippen LogP contribution is -2.51. The molecule has 30 heavy (non-hydrogen) atoms. The smallest absolute Gasteiger partial charge is 0.416 e. The first-order chi connectivity index (χ1) is 14.4. The Morgan fingerprint density at radius 3 is 2.80 bits per heavy atom. The van der Waals surface area contributed by atoms with E-state index in [2.05, 4.69) is 4.98 Å². The van der Waals surface area contributed by atoms with Crippen LogP contribution >= 0.6 is 0 Å². The molecule has 1 unspecified atom stereocenters. The van der Waals surface area contributed by atoms with E-state index in [1.807, 2.05) is 24.3 Å². The number of nitrogens with zero attached hydrogens (tertiary/aromatic N) is 2. The molecule has 156 valence electrons. The van der Waals surface area contributed by atoms with Crippen molar-refractivity contribution in [3.05, 3.63) is 60.4 Å². The fraction of sp³-hybridized carbons (Fsp3) is 0.273. The van der Waals surface area contributed by atoms with Gasteiger partial charge in [0.15, 0.2) is 6.10 Å². The van der Waals surface area contributed by atoms with Gasteiger partial charge in [-0.2, -0.15) is 13.2 Å². The van der Waals surface area contributed by atoms with E-state index in [-0.39, 0.29) is 13.2 Å². The number of carbonyl (C=O) groups excluding carboxylic acids is 1. The average molecular weight is 416 g/mol. The maximum Gasteiger partial charge on any atom is 0.416 e. The molecule has 0 spiro atoms. The van der Waals surface area contributed by atoms with E-state index in [4.69, 9.17) is 9.47 Å². The Labute approximate surface area is 171 Å². The van der Waals surface area contributed by atoms with E-state index in [9.17, 15) is 18.0 Å². The molecule has 0 radical (unpaired) electrons. The summed E-state index contributed by atoms with van der Waals surface area (Å²) in [5, 5.41) is 1.70. The topological polar surface area (TPSA) is 51.7 Å². The molecule has 0 bridgehead atoms. The molecule has 1 atom stereocenters. The Balaban J connectivity index is 1.67. The molecule has 1 fully saturated rings. The largest absolute Gasteiger partial charge is 0.494 e. The van der Waals surface area contributed by atoms with Crippen LogP contribution in [-0.2, 0) is 4.74 Å². The first-order valence-corrected chi connectivity index (χ1v) is 9.37. The van der Waals surface area contributed by atoms with Crippen LogP contribution in [0.2, 0.25) is 0 Å². The summed E-state index contributed by atoms with van der Waals surface area (Å²) in [6, 6.07) is 12.7. The Bertz CT molecular complexity index is 1080. The second-order valence-corrected chi connectivity index (χ2v) is 6.97. The first-order valence-electron chi connectivity index (χ1n) is 9.37. The zero-order valence-corrected chi connectivity index (χ0v) is 16.1. The highest BCUT2D eigenvalue weighted by Gasteiger charge is 2.44. The van der Waals surface area contributed by atoms with Crippen molar-refractivity contribution in [2.24, 2.45) is 0 Å². The van der Waals surface area contributed by atoms with Crippen molar-refractivity contribution < 1.29 is 27.4 Å². The van der Waals surface area contributed by atoms with Crippen LogP contribution in [0.5, 0.6) is 5.75 Å². The number of amides is 1. The van der Waals surface area contributed by atoms with Crippen LogP contribution < -0.4 is 4.74 Å². The number of pyridine rings is 1. The van der Waals surface area contributed by atoms with Gasteiger partial charge in [0.1, 0.15) is 5.75 Å². The highest BCUT2D eigenvalue weighted by Crippen LogP contribution is 2.35. The second-order valence-electron chi connectivity index (χ2n) is 6.97. The van der Waals surface area contributed by atoms with Crippen LogP contribution in [0.4, 0.5) is 13.2 Å². The lowest BCUT2D eigenvalue weighted by Gasteiger charge is -2.33. The molecule has 1 aromatic heterocycles. The van der Waals surface area contributed by atoms with Gasteiger partial charge in [0, 0.05) is 23.9 Å². The van der Waals surface area contributed by atoms with Crippen molar-refractivity contribution >= 4 is 16.7 Å². The summed E-state index contributed by atoms with van der Waals surface area (Å²) >= 11 is 0. The van der Waals surface area contributed by atoms with E-state index in [1.54, 1.807) is 37.7 Å². The molecule has 1 aliphatic heterocycles. The third-order valence-electron chi connectivity index (χ3n) is 5.14. The SMILES string of the molecule is COc1cnccc1-c1cccc2cc(C(=O)N3CCOC(C(F)(F)F)C3)ccc12. The van der Waals surface area contributed by atoms with Crippen molar-refractivity contribution in [2.75, 3.05) is 26.8 Å². The quantitative estimate of drug-likeness (QED) is 0.638. The van der Waals surface area contributed by atoms with Gasteiger partial charge in [-0.25, -0.2) is 0 Å². The number of morpholine rings is 1. The van der Waals surface area contributed by atoms with E-state index >= 15 is 0 Å². The highest BCUT2D eigenvalue weighted by molar-refractivity contribution is 6.03. The van der Waals surface area contributed by atoms with Crippen LogP contribution in [0.3, 0.4) is 0 Å². The zero-order chi connectivity index (χ0) is 21.3. The van der Waals surface area contributed by atoms with E-state index < -0.39 is 24.7 Å². The molecule has 2 heterocycles. The molecule has 3 aromatic rings. The molecule has 4 rings (SSSR count). The number of carbonyl (C=O) groups is 1. The molecule has 1 saturated heterocycles. The molecule has 1 aliphatic rings. The second kappa shape index (κ2) is 7.95. The van der Waals surface area contributed by atoms with Gasteiger partial charge in [-0.1, -0.05) is 24.3 Å². The van der Waals surface area contributed by atoms with E-state index in [1.165, 1.54) is 4.90 Å². The van der Waals surface area contributed by atoms with Gasteiger partial charge in [-0.05, 0) is 34.5 Å². The van der Waals surface area contributed by atoms with Crippen LogP contribution in [0.25, 0.3) is 21.9 Å². The molecular weight excluding hydrogens is 397 g/mol. The number of alkyl halides is 3. The normalized spacial score (nSPS) is 17.2. The summed E-state index contributed by atoms with van der Waals surface area (Å²) in [6.45, 7) is -0.526. The monoisotopic (exact) mass is 416 g/mol. The number of fused-ring (bicyclic) bond motifs is 1. The Kier molecular flexibility index (Phi) is 5.34. The lowest BCUT2D eigenvalue weighted by atomic mass is 9.96. The van der Waals surface area contributed by atoms with Gasteiger partial charge in [-0.15, -0.1) is 0 Å². The summed E-state index contributed by atoms with van der Waals surface area (Å²) in [4.78, 5) is 18.1. The Morgan fingerprint density at radius 2 is 2.03 bits per heavy atom. The van der Waals surface area contributed by atoms with Crippen molar-refractivity contribution in [3.8, 4) is 16.9 Å². The molecule has 0 saturated carbocycles. The Morgan fingerprint density at radius 1 is 1.20 bits per heavy atom. The molecular formula is C22H19F3N2O3. The van der Waals surface area contributed by atoms with Gasteiger partial charge in [0.2, 0.25) is 0 Å².